The van der Waals surface area contributed by atoms with Crippen LogP contribution in [0, 0.1) is 11.2 Å². The summed E-state index contributed by atoms with van der Waals surface area (Å²) in [5.41, 5.74) is 2.45. The monoisotopic (exact) mass is 339 g/mol. The maximum atomic E-state index is 13.9. The third kappa shape index (κ3) is 3.97. The first kappa shape index (κ1) is 17.0. The molecule has 0 spiro atoms. The second kappa shape index (κ2) is 7.81. The lowest BCUT2D eigenvalue weighted by molar-refractivity contribution is -0.524. The van der Waals surface area contributed by atoms with Gasteiger partial charge in [-0.3, -0.25) is 15.1 Å². The van der Waals surface area contributed by atoms with Gasteiger partial charge in [0, 0.05) is 30.5 Å². The van der Waals surface area contributed by atoms with Crippen molar-refractivity contribution in [1.29, 1.82) is 5.41 Å². The van der Waals surface area contributed by atoms with E-state index in [0.29, 0.717) is 11.4 Å². The maximum absolute atomic E-state index is 13.9. The molecule has 1 aliphatic rings. The van der Waals surface area contributed by atoms with Crippen LogP contribution >= 0.6 is 0 Å². The molecule has 6 heteroatoms. The summed E-state index contributed by atoms with van der Waals surface area (Å²) in [4.78, 5) is 16.4. The lowest BCUT2D eigenvalue weighted by Crippen LogP contribution is -2.77. The molecule has 0 fully saturated rings. The van der Waals surface area contributed by atoms with Crippen LogP contribution < -0.4 is 10.6 Å². The van der Waals surface area contributed by atoms with Crippen LogP contribution in [0.15, 0.2) is 59.9 Å². The number of amides is 1. The van der Waals surface area contributed by atoms with Crippen molar-refractivity contribution in [2.45, 2.75) is 25.3 Å². The van der Waals surface area contributed by atoms with Crippen molar-refractivity contribution in [2.75, 3.05) is 0 Å². The number of nitrogens with one attached hydrogen (secondary N) is 2. The van der Waals surface area contributed by atoms with E-state index < -0.39 is 0 Å². The van der Waals surface area contributed by atoms with Gasteiger partial charge in [0.2, 0.25) is 0 Å². The first-order valence-electron chi connectivity index (χ1n) is 8.23. The fourth-order valence-electron chi connectivity index (χ4n) is 3.03. The van der Waals surface area contributed by atoms with Crippen molar-refractivity contribution in [1.82, 2.24) is 10.3 Å². The van der Waals surface area contributed by atoms with Crippen LogP contribution in [-0.4, -0.2) is 23.1 Å². The summed E-state index contributed by atoms with van der Waals surface area (Å²) in [5.74, 6) is -0.559. The molecule has 1 unspecified atom stereocenters. The lowest BCUT2D eigenvalue weighted by Gasteiger charge is -2.25. The summed E-state index contributed by atoms with van der Waals surface area (Å²) < 4.78 is 13.9. The first-order valence-corrected chi connectivity index (χ1v) is 8.23. The predicted octanol–water partition coefficient (Wildman–Crippen LogP) is 2.30. The number of para-hydroxylation sites is 1. The van der Waals surface area contributed by atoms with Crippen LogP contribution in [0.4, 0.5) is 10.1 Å². The molecule has 0 bridgehead atoms. The van der Waals surface area contributed by atoms with E-state index >= 15 is 0 Å². The molecule has 3 rings (SSSR count). The Labute approximate surface area is 145 Å². The van der Waals surface area contributed by atoms with Gasteiger partial charge in [-0.2, -0.15) is 0 Å². The number of hydrogen-bond acceptors (Lipinski definition) is 3. The SMILES string of the molecule is N=CC1=C([NH2+]c2ccccc2F)CCCC1NC(=O)c1ccccn1. The summed E-state index contributed by atoms with van der Waals surface area (Å²) in [6.45, 7) is 0. The molecular weight excluding hydrogens is 319 g/mol. The molecule has 1 atom stereocenters. The largest absolute Gasteiger partial charge is 0.344 e. The van der Waals surface area contributed by atoms with Crippen LogP contribution in [0.5, 0.6) is 0 Å². The van der Waals surface area contributed by atoms with Crippen LogP contribution in [0.1, 0.15) is 29.8 Å². The summed E-state index contributed by atoms with van der Waals surface area (Å²) >= 11 is 0. The number of rotatable bonds is 5. The highest BCUT2D eigenvalue weighted by atomic mass is 19.1. The van der Waals surface area contributed by atoms with Crippen molar-refractivity contribution in [3.05, 3.63) is 71.4 Å². The Morgan fingerprint density at radius 2 is 2.08 bits per heavy atom. The molecule has 1 aromatic carbocycles. The maximum Gasteiger partial charge on any atom is 0.270 e. The summed E-state index contributed by atoms with van der Waals surface area (Å²) in [5, 5.41) is 12.5. The first-order chi connectivity index (χ1) is 12.2. The minimum Gasteiger partial charge on any atom is -0.344 e. The molecule has 0 aliphatic heterocycles. The Kier molecular flexibility index (Phi) is 5.30. The molecule has 1 aromatic heterocycles. The van der Waals surface area contributed by atoms with E-state index in [-0.39, 0.29) is 17.8 Å². The van der Waals surface area contributed by atoms with Crippen LogP contribution in [0.3, 0.4) is 0 Å². The van der Waals surface area contributed by atoms with Gasteiger partial charge in [0.25, 0.3) is 5.91 Å². The van der Waals surface area contributed by atoms with Crippen molar-refractivity contribution >= 4 is 17.8 Å². The van der Waals surface area contributed by atoms with Gasteiger partial charge in [-0.1, -0.05) is 18.2 Å². The molecule has 1 heterocycles. The van der Waals surface area contributed by atoms with Crippen molar-refractivity contribution in [2.24, 2.45) is 0 Å². The minimum absolute atomic E-state index is 0.265. The highest BCUT2D eigenvalue weighted by Crippen LogP contribution is 2.22. The molecule has 25 heavy (non-hydrogen) atoms. The Balaban J connectivity index is 1.81. The molecule has 4 N–H and O–H groups in total. The van der Waals surface area contributed by atoms with E-state index in [2.05, 4.69) is 10.3 Å². The fraction of sp³-hybridized carbons (Fsp3) is 0.211. The van der Waals surface area contributed by atoms with E-state index in [1.54, 1.807) is 47.9 Å². The van der Waals surface area contributed by atoms with Crippen LogP contribution in [0.25, 0.3) is 0 Å². The van der Waals surface area contributed by atoms with E-state index in [1.165, 1.54) is 12.3 Å². The van der Waals surface area contributed by atoms with Gasteiger partial charge in [-0.05, 0) is 31.0 Å². The van der Waals surface area contributed by atoms with Gasteiger partial charge in [0.15, 0.2) is 11.5 Å². The van der Waals surface area contributed by atoms with Crippen molar-refractivity contribution in [3.8, 4) is 0 Å². The Bertz CT molecular complexity index is 804. The molecular formula is C19H20FN4O+. The van der Waals surface area contributed by atoms with Gasteiger partial charge < -0.3 is 10.7 Å². The van der Waals surface area contributed by atoms with Crippen LogP contribution in [-0.2, 0) is 0 Å². The second-order valence-electron chi connectivity index (χ2n) is 5.92. The van der Waals surface area contributed by atoms with Gasteiger partial charge >= 0.3 is 0 Å². The number of carbonyl (C=O) groups excluding carboxylic acids is 1. The second-order valence-corrected chi connectivity index (χ2v) is 5.92. The molecule has 1 aliphatic carbocycles. The lowest BCUT2D eigenvalue weighted by atomic mass is 9.91. The topological polar surface area (TPSA) is 82.5 Å². The van der Waals surface area contributed by atoms with Crippen LogP contribution in [0.2, 0.25) is 0 Å². The molecule has 128 valence electrons. The van der Waals surface area contributed by atoms with Crippen molar-refractivity contribution in [3.63, 3.8) is 0 Å². The number of carbonyl (C=O) groups is 1. The average molecular weight is 339 g/mol. The van der Waals surface area contributed by atoms with Gasteiger partial charge in [0.1, 0.15) is 11.4 Å². The Hall–Kier alpha value is -2.86. The summed E-state index contributed by atoms with van der Waals surface area (Å²) in [7, 11) is 0. The predicted molar refractivity (Wildman–Crippen MR) is 93.1 cm³/mol. The molecule has 0 saturated heterocycles. The van der Waals surface area contributed by atoms with E-state index in [9.17, 15) is 9.18 Å². The number of benzene rings is 1. The number of pyridine rings is 1. The van der Waals surface area contributed by atoms with Gasteiger partial charge in [-0.25, -0.2) is 4.39 Å². The summed E-state index contributed by atoms with van der Waals surface area (Å²) in [6.07, 6.45) is 5.20. The standard InChI is InChI=1S/C19H19FN4O/c20-14-6-1-2-7-17(14)23-15-9-5-10-16(13(15)12-21)24-19(25)18-8-3-4-11-22-18/h1-4,6-8,11-12,16,21,23H,5,9-10H2,(H,24,25)/p+1. The zero-order valence-corrected chi connectivity index (χ0v) is 13.7. The number of hydrogen-bond donors (Lipinski definition) is 3. The molecule has 1 amide bonds. The number of allylic oxidation sites excluding steroid dienone is 1. The van der Waals surface area contributed by atoms with Gasteiger partial charge in [-0.15, -0.1) is 0 Å². The normalized spacial score (nSPS) is 17.2. The molecule has 0 saturated carbocycles. The summed E-state index contributed by atoms with van der Waals surface area (Å²) in [6, 6.07) is 11.4. The highest BCUT2D eigenvalue weighted by molar-refractivity contribution is 5.93. The van der Waals surface area contributed by atoms with E-state index in [0.717, 1.165) is 30.5 Å². The third-order valence-corrected chi connectivity index (χ3v) is 4.28. The number of halogens is 1. The molecule has 0 radical (unpaired) electrons. The number of quaternary nitrogens is 1. The average Bonchev–Trinajstić information content (AvgIpc) is 2.64. The van der Waals surface area contributed by atoms with Gasteiger partial charge in [0.05, 0.1) is 6.04 Å². The quantitative estimate of drug-likeness (QED) is 0.577. The smallest absolute Gasteiger partial charge is 0.270 e. The van der Waals surface area contributed by atoms with Crippen molar-refractivity contribution < 1.29 is 14.5 Å². The zero-order valence-electron chi connectivity index (χ0n) is 13.7. The Morgan fingerprint density at radius 3 is 2.80 bits per heavy atom. The van der Waals surface area contributed by atoms with E-state index in [4.69, 9.17) is 5.41 Å². The minimum atomic E-state index is -0.293. The number of nitrogens with zero attached hydrogens (tertiary/aromatic N) is 1. The number of nitrogens with two attached hydrogens (primary N) is 1. The molecule has 2 aromatic rings. The Morgan fingerprint density at radius 1 is 1.28 bits per heavy atom. The third-order valence-electron chi connectivity index (χ3n) is 4.28. The highest BCUT2D eigenvalue weighted by Gasteiger charge is 2.27. The zero-order chi connectivity index (χ0) is 17.6. The fourth-order valence-corrected chi connectivity index (χ4v) is 3.03. The number of aromatic nitrogens is 1. The van der Waals surface area contributed by atoms with E-state index in [1.807, 2.05) is 0 Å². The molecule has 5 nitrogen and oxygen atoms in total.